The molecule has 2 aromatic rings. The highest BCUT2D eigenvalue weighted by Gasteiger charge is 2.16. The molecule has 1 heterocycles. The first-order chi connectivity index (χ1) is 10.3. The molecule has 3 heteroatoms. The lowest BCUT2D eigenvalue weighted by molar-refractivity contribution is 0.638. The fraction of sp³-hybridized carbons (Fsp3) is 0.333. The van der Waals surface area contributed by atoms with Crippen LogP contribution in [0.2, 0.25) is 0 Å². The zero-order chi connectivity index (χ0) is 14.5. The van der Waals surface area contributed by atoms with Gasteiger partial charge in [0.05, 0.1) is 0 Å². The quantitative estimate of drug-likeness (QED) is 0.797. The van der Waals surface area contributed by atoms with Gasteiger partial charge in [0.25, 0.3) is 0 Å². The van der Waals surface area contributed by atoms with Crippen molar-refractivity contribution in [1.29, 1.82) is 0 Å². The summed E-state index contributed by atoms with van der Waals surface area (Å²) < 4.78 is 1.15. The lowest BCUT2D eigenvalue weighted by atomic mass is 10.2. The Morgan fingerprint density at radius 3 is 2.90 bits per heavy atom. The van der Waals surface area contributed by atoms with Crippen LogP contribution < -0.4 is 10.2 Å². The number of nitrogens with one attached hydrogen (secondary N) is 1. The van der Waals surface area contributed by atoms with Crippen LogP contribution in [-0.2, 0) is 13.0 Å². The molecule has 0 saturated heterocycles. The molecule has 0 unspecified atom stereocenters. The fourth-order valence-electron chi connectivity index (χ4n) is 2.91. The van der Waals surface area contributed by atoms with Crippen molar-refractivity contribution in [2.24, 2.45) is 0 Å². The lowest BCUT2D eigenvalue weighted by Gasteiger charge is -2.19. The fourth-order valence-corrected chi connectivity index (χ4v) is 3.36. The van der Waals surface area contributed by atoms with Crippen LogP contribution in [0.1, 0.15) is 17.5 Å². The van der Waals surface area contributed by atoms with Crippen molar-refractivity contribution < 1.29 is 0 Å². The minimum atomic E-state index is 0.941. The third-order valence-electron chi connectivity index (χ3n) is 3.98. The number of hydrogen-bond donors (Lipinski definition) is 1. The van der Waals surface area contributed by atoms with Crippen LogP contribution in [0.25, 0.3) is 0 Å². The maximum Gasteiger partial charge on any atom is 0.0399 e. The molecular weight excluding hydrogens is 324 g/mol. The van der Waals surface area contributed by atoms with Gasteiger partial charge < -0.3 is 10.2 Å². The van der Waals surface area contributed by atoms with Crippen LogP contribution >= 0.6 is 15.9 Å². The Balaban J connectivity index is 1.40. The lowest BCUT2D eigenvalue weighted by Crippen LogP contribution is -2.25. The smallest absolute Gasteiger partial charge is 0.0399 e. The number of anilines is 1. The monoisotopic (exact) mass is 344 g/mol. The normalized spacial score (nSPS) is 13.5. The van der Waals surface area contributed by atoms with Crippen LogP contribution in [0.3, 0.4) is 0 Å². The summed E-state index contributed by atoms with van der Waals surface area (Å²) in [5.74, 6) is 0. The van der Waals surface area contributed by atoms with Gasteiger partial charge in [-0.15, -0.1) is 0 Å². The zero-order valence-corrected chi connectivity index (χ0v) is 13.8. The Kier molecular flexibility index (Phi) is 4.94. The predicted octanol–water partition coefficient (Wildman–Crippen LogP) is 3.99. The number of fused-ring (bicyclic) bond motifs is 1. The molecule has 1 N–H and O–H groups in total. The molecule has 0 aliphatic carbocycles. The van der Waals surface area contributed by atoms with Gasteiger partial charge in [-0.25, -0.2) is 0 Å². The van der Waals surface area contributed by atoms with Crippen LogP contribution in [0.15, 0.2) is 53.0 Å². The maximum atomic E-state index is 3.53. The average molecular weight is 345 g/mol. The summed E-state index contributed by atoms with van der Waals surface area (Å²) in [5.41, 5.74) is 4.26. The Hall–Kier alpha value is -1.32. The summed E-state index contributed by atoms with van der Waals surface area (Å²) in [4.78, 5) is 2.51. The van der Waals surface area contributed by atoms with E-state index >= 15 is 0 Å². The molecule has 0 radical (unpaired) electrons. The number of rotatable bonds is 6. The van der Waals surface area contributed by atoms with E-state index in [1.807, 2.05) is 0 Å². The van der Waals surface area contributed by atoms with Gasteiger partial charge in [-0.05, 0) is 48.7 Å². The number of halogens is 1. The summed E-state index contributed by atoms with van der Waals surface area (Å²) in [7, 11) is 0. The van der Waals surface area contributed by atoms with Gasteiger partial charge >= 0.3 is 0 Å². The summed E-state index contributed by atoms with van der Waals surface area (Å²) in [6.45, 7) is 4.31. The molecule has 2 aromatic carbocycles. The molecule has 0 saturated carbocycles. The molecule has 0 spiro atoms. The molecule has 21 heavy (non-hydrogen) atoms. The molecule has 110 valence electrons. The highest BCUT2D eigenvalue weighted by Crippen LogP contribution is 2.27. The van der Waals surface area contributed by atoms with E-state index in [9.17, 15) is 0 Å². The van der Waals surface area contributed by atoms with E-state index in [0.717, 1.165) is 24.1 Å². The van der Waals surface area contributed by atoms with Crippen molar-refractivity contribution in [1.82, 2.24) is 5.32 Å². The molecule has 0 atom stereocenters. The predicted molar refractivity (Wildman–Crippen MR) is 92.8 cm³/mol. The highest BCUT2D eigenvalue weighted by molar-refractivity contribution is 9.10. The van der Waals surface area contributed by atoms with E-state index in [2.05, 4.69) is 74.7 Å². The van der Waals surface area contributed by atoms with E-state index in [1.54, 1.807) is 0 Å². The van der Waals surface area contributed by atoms with E-state index in [1.165, 1.54) is 36.2 Å². The third kappa shape index (κ3) is 3.86. The van der Waals surface area contributed by atoms with E-state index in [-0.39, 0.29) is 0 Å². The number of hydrogen-bond acceptors (Lipinski definition) is 2. The van der Waals surface area contributed by atoms with Crippen molar-refractivity contribution in [2.45, 2.75) is 19.4 Å². The van der Waals surface area contributed by atoms with Crippen LogP contribution in [0, 0.1) is 0 Å². The summed E-state index contributed by atoms with van der Waals surface area (Å²) in [5, 5.41) is 3.53. The van der Waals surface area contributed by atoms with Crippen molar-refractivity contribution >= 4 is 21.6 Å². The zero-order valence-electron chi connectivity index (χ0n) is 12.2. The Bertz CT molecular complexity index is 597. The summed E-state index contributed by atoms with van der Waals surface area (Å²) >= 11 is 3.51. The second kappa shape index (κ2) is 7.10. The average Bonchev–Trinajstić information content (AvgIpc) is 2.90. The van der Waals surface area contributed by atoms with Gasteiger partial charge in [-0.1, -0.05) is 46.3 Å². The first-order valence-corrected chi connectivity index (χ1v) is 8.40. The number of para-hydroxylation sites is 1. The van der Waals surface area contributed by atoms with Gasteiger partial charge in [-0.3, -0.25) is 0 Å². The first kappa shape index (κ1) is 14.6. The van der Waals surface area contributed by atoms with Crippen molar-refractivity contribution in [3.63, 3.8) is 0 Å². The van der Waals surface area contributed by atoms with E-state index < -0.39 is 0 Å². The number of nitrogens with zero attached hydrogens (tertiary/aromatic N) is 1. The molecule has 1 aliphatic rings. The largest absolute Gasteiger partial charge is 0.371 e. The maximum absolute atomic E-state index is 3.53. The standard InChI is InChI=1S/C18H21BrN2/c19-17-7-3-5-15(13-17)14-20-10-4-11-21-12-9-16-6-1-2-8-18(16)21/h1-3,5-8,13,20H,4,9-12,14H2. The summed E-state index contributed by atoms with van der Waals surface area (Å²) in [6.07, 6.45) is 2.38. The topological polar surface area (TPSA) is 15.3 Å². The second-order valence-electron chi connectivity index (χ2n) is 5.53. The minimum absolute atomic E-state index is 0.941. The van der Waals surface area contributed by atoms with Crippen molar-refractivity contribution in [2.75, 3.05) is 24.5 Å². The number of benzene rings is 2. The summed E-state index contributed by atoms with van der Waals surface area (Å²) in [6, 6.07) is 17.3. The van der Waals surface area contributed by atoms with Gasteiger partial charge in [0.1, 0.15) is 0 Å². The highest BCUT2D eigenvalue weighted by atomic mass is 79.9. The molecule has 1 aliphatic heterocycles. The van der Waals surface area contributed by atoms with Gasteiger partial charge in [0.15, 0.2) is 0 Å². The molecule has 0 aromatic heterocycles. The molecule has 0 amide bonds. The van der Waals surface area contributed by atoms with Gasteiger partial charge in [0, 0.05) is 29.8 Å². The van der Waals surface area contributed by atoms with Gasteiger partial charge in [-0.2, -0.15) is 0 Å². The second-order valence-corrected chi connectivity index (χ2v) is 6.44. The van der Waals surface area contributed by atoms with E-state index in [4.69, 9.17) is 0 Å². The van der Waals surface area contributed by atoms with Gasteiger partial charge in [0.2, 0.25) is 0 Å². The third-order valence-corrected chi connectivity index (χ3v) is 4.48. The van der Waals surface area contributed by atoms with E-state index in [0.29, 0.717) is 0 Å². The Morgan fingerprint density at radius 1 is 1.10 bits per heavy atom. The SMILES string of the molecule is Brc1cccc(CNCCCN2CCc3ccccc32)c1. The molecule has 0 fully saturated rings. The van der Waals surface area contributed by atoms with Crippen LogP contribution in [0.5, 0.6) is 0 Å². The Morgan fingerprint density at radius 2 is 2.00 bits per heavy atom. The van der Waals surface area contributed by atoms with Crippen LogP contribution in [-0.4, -0.2) is 19.6 Å². The minimum Gasteiger partial charge on any atom is -0.371 e. The molecule has 0 bridgehead atoms. The van der Waals surface area contributed by atoms with Crippen molar-refractivity contribution in [3.8, 4) is 0 Å². The molecule has 3 rings (SSSR count). The first-order valence-electron chi connectivity index (χ1n) is 7.61. The van der Waals surface area contributed by atoms with Crippen LogP contribution in [0.4, 0.5) is 5.69 Å². The van der Waals surface area contributed by atoms with Crippen molar-refractivity contribution in [3.05, 3.63) is 64.1 Å². The Labute approximate surface area is 135 Å². The molecular formula is C18H21BrN2. The molecule has 2 nitrogen and oxygen atoms in total.